The minimum Gasteiger partial charge on any atom is -0.459 e. The minimum absolute atomic E-state index is 0.00325. The van der Waals surface area contributed by atoms with Crippen LogP contribution < -0.4 is 0 Å². The molecule has 0 bridgehead atoms. The van der Waals surface area contributed by atoms with E-state index in [4.69, 9.17) is 4.74 Å². The fourth-order valence-electron chi connectivity index (χ4n) is 11.1. The molecule has 5 heteroatoms. The summed E-state index contributed by atoms with van der Waals surface area (Å²) < 4.78 is 5.64. The lowest BCUT2D eigenvalue weighted by Gasteiger charge is -2.73. The molecule has 0 aliphatic heterocycles. The maximum Gasteiger partial charge on any atom is 0.303 e. The molecule has 11 unspecified atom stereocenters. The van der Waals surface area contributed by atoms with Crippen molar-refractivity contribution < 1.29 is 24.9 Å². The lowest BCUT2D eigenvalue weighted by Crippen LogP contribution is -2.74. The van der Waals surface area contributed by atoms with Crippen molar-refractivity contribution in [3.05, 3.63) is 11.6 Å². The maximum absolute atomic E-state index is 12.1. The molecule has 0 aromatic carbocycles. The van der Waals surface area contributed by atoms with Crippen molar-refractivity contribution in [1.29, 1.82) is 0 Å². The van der Waals surface area contributed by atoms with Crippen LogP contribution in [0.25, 0.3) is 0 Å². The van der Waals surface area contributed by atoms with E-state index in [1.54, 1.807) is 0 Å². The third-order valence-corrected chi connectivity index (χ3v) is 13.4. The lowest BCUT2D eigenvalue weighted by molar-refractivity contribution is -0.292. The van der Waals surface area contributed by atoms with E-state index >= 15 is 0 Å². The van der Waals surface area contributed by atoms with Crippen molar-refractivity contribution in [2.24, 2.45) is 50.2 Å². The van der Waals surface area contributed by atoms with Gasteiger partial charge in [0, 0.05) is 23.7 Å². The van der Waals surface area contributed by atoms with Gasteiger partial charge in [0.15, 0.2) is 0 Å². The molecule has 37 heavy (non-hydrogen) atoms. The number of aliphatic hydroxyl groups is 3. The molecule has 0 amide bonds. The van der Waals surface area contributed by atoms with Crippen LogP contribution in [0.2, 0.25) is 0 Å². The third kappa shape index (κ3) is 3.48. The molecule has 0 aromatic rings. The van der Waals surface area contributed by atoms with E-state index in [0.717, 1.165) is 25.7 Å². The van der Waals surface area contributed by atoms with Crippen LogP contribution >= 0.6 is 0 Å². The largest absolute Gasteiger partial charge is 0.459 e. The van der Waals surface area contributed by atoms with E-state index in [-0.39, 0.29) is 28.1 Å². The van der Waals surface area contributed by atoms with Gasteiger partial charge in [0.1, 0.15) is 12.2 Å². The molecule has 11 atom stereocenters. The Hall–Kier alpha value is -0.910. The van der Waals surface area contributed by atoms with E-state index < -0.39 is 41.2 Å². The molecule has 0 heterocycles. The molecule has 210 valence electrons. The second kappa shape index (κ2) is 8.07. The van der Waals surface area contributed by atoms with E-state index in [2.05, 4.69) is 61.5 Å². The molecule has 0 aromatic heterocycles. The van der Waals surface area contributed by atoms with Gasteiger partial charge in [-0.3, -0.25) is 4.79 Å². The van der Waals surface area contributed by atoms with Crippen LogP contribution in [0.1, 0.15) is 107 Å². The molecule has 4 fully saturated rings. The lowest BCUT2D eigenvalue weighted by atomic mass is 9.32. The predicted octanol–water partition coefficient (Wildman–Crippen LogP) is 5.65. The SMILES string of the molecule is CC(=O)OC1C(O)C(O)C2(C)C(CCC3(C)C2C(O)C=C2C4CC(C)(C)CCC4(C)CCC23C)C1(C)C. The van der Waals surface area contributed by atoms with Gasteiger partial charge in [0.2, 0.25) is 0 Å². The molecule has 0 spiro atoms. The van der Waals surface area contributed by atoms with Crippen LogP contribution in [-0.4, -0.2) is 45.7 Å². The second-order valence-corrected chi connectivity index (χ2v) is 16.2. The number of fused-ring (bicyclic) bond motifs is 7. The Morgan fingerprint density at radius 3 is 2.16 bits per heavy atom. The topological polar surface area (TPSA) is 87.0 Å². The summed E-state index contributed by atoms with van der Waals surface area (Å²) >= 11 is 0. The fraction of sp³-hybridized carbons (Fsp3) is 0.906. The Labute approximate surface area is 224 Å². The molecule has 5 rings (SSSR count). The Morgan fingerprint density at radius 1 is 0.919 bits per heavy atom. The van der Waals surface area contributed by atoms with Crippen molar-refractivity contribution in [3.63, 3.8) is 0 Å². The van der Waals surface area contributed by atoms with E-state index in [9.17, 15) is 20.1 Å². The van der Waals surface area contributed by atoms with Crippen molar-refractivity contribution >= 4 is 5.97 Å². The minimum atomic E-state index is -1.19. The van der Waals surface area contributed by atoms with Crippen molar-refractivity contribution in [2.45, 2.75) is 132 Å². The first kappa shape index (κ1) is 27.6. The zero-order chi connectivity index (χ0) is 27.6. The van der Waals surface area contributed by atoms with Gasteiger partial charge in [-0.15, -0.1) is 0 Å². The number of esters is 1. The smallest absolute Gasteiger partial charge is 0.303 e. The number of rotatable bonds is 1. The molecular formula is C32H52O5. The molecule has 5 aliphatic carbocycles. The maximum atomic E-state index is 12.1. The molecule has 0 radical (unpaired) electrons. The number of aliphatic hydroxyl groups excluding tert-OH is 3. The Kier molecular flexibility index (Phi) is 6.03. The molecule has 4 saturated carbocycles. The van der Waals surface area contributed by atoms with Crippen LogP contribution in [0.3, 0.4) is 0 Å². The summed E-state index contributed by atoms with van der Waals surface area (Å²) in [7, 11) is 0. The highest BCUT2D eigenvalue weighted by atomic mass is 16.6. The van der Waals surface area contributed by atoms with Crippen molar-refractivity contribution in [3.8, 4) is 0 Å². The van der Waals surface area contributed by atoms with Crippen molar-refractivity contribution in [2.75, 3.05) is 0 Å². The summed E-state index contributed by atoms with van der Waals surface area (Å²) in [6, 6.07) is 0. The average molecular weight is 517 g/mol. The molecule has 5 aliphatic rings. The normalized spacial score (nSPS) is 54.1. The Morgan fingerprint density at radius 2 is 1.54 bits per heavy atom. The molecule has 3 N–H and O–H groups in total. The van der Waals surface area contributed by atoms with Crippen LogP contribution in [0.15, 0.2) is 11.6 Å². The van der Waals surface area contributed by atoms with Gasteiger partial charge in [-0.2, -0.15) is 0 Å². The highest BCUT2D eigenvalue weighted by Gasteiger charge is 2.73. The quantitative estimate of drug-likeness (QED) is 0.310. The van der Waals surface area contributed by atoms with Gasteiger partial charge in [-0.05, 0) is 78.4 Å². The van der Waals surface area contributed by atoms with E-state index in [1.807, 2.05) is 0 Å². The van der Waals surface area contributed by atoms with Gasteiger partial charge >= 0.3 is 5.97 Å². The fourth-order valence-corrected chi connectivity index (χ4v) is 11.1. The number of carbonyl (C=O) groups excluding carboxylic acids is 1. The van der Waals surface area contributed by atoms with Gasteiger partial charge in [0.25, 0.3) is 0 Å². The Bertz CT molecular complexity index is 999. The summed E-state index contributed by atoms with van der Waals surface area (Å²) in [4.78, 5) is 11.9. The van der Waals surface area contributed by atoms with E-state index in [1.165, 1.54) is 31.8 Å². The highest BCUT2D eigenvalue weighted by Crippen LogP contribution is 2.75. The predicted molar refractivity (Wildman–Crippen MR) is 144 cm³/mol. The van der Waals surface area contributed by atoms with Crippen LogP contribution in [0.4, 0.5) is 0 Å². The first-order chi connectivity index (χ1) is 16.9. The zero-order valence-corrected chi connectivity index (χ0v) is 24.7. The highest BCUT2D eigenvalue weighted by molar-refractivity contribution is 5.66. The number of hydrogen-bond acceptors (Lipinski definition) is 5. The summed E-state index contributed by atoms with van der Waals surface area (Å²) in [5.41, 5.74) is 0.511. The van der Waals surface area contributed by atoms with E-state index in [0.29, 0.717) is 11.3 Å². The first-order valence-electron chi connectivity index (χ1n) is 14.8. The second-order valence-electron chi connectivity index (χ2n) is 16.2. The molecule has 0 saturated heterocycles. The average Bonchev–Trinajstić information content (AvgIpc) is 2.78. The Balaban J connectivity index is 1.63. The van der Waals surface area contributed by atoms with Gasteiger partial charge < -0.3 is 20.1 Å². The monoisotopic (exact) mass is 516 g/mol. The van der Waals surface area contributed by atoms with Crippen LogP contribution in [0.5, 0.6) is 0 Å². The van der Waals surface area contributed by atoms with Gasteiger partial charge in [-0.25, -0.2) is 0 Å². The summed E-state index contributed by atoms with van der Waals surface area (Å²) in [5.74, 6) is -0.168. The van der Waals surface area contributed by atoms with Crippen LogP contribution in [0, 0.1) is 50.2 Å². The van der Waals surface area contributed by atoms with Gasteiger partial charge in [0.05, 0.1) is 12.2 Å². The van der Waals surface area contributed by atoms with Crippen LogP contribution in [-0.2, 0) is 9.53 Å². The van der Waals surface area contributed by atoms with Gasteiger partial charge in [-0.1, -0.05) is 67.0 Å². The summed E-state index contributed by atoms with van der Waals surface area (Å²) in [6.07, 6.45) is 6.26. The summed E-state index contributed by atoms with van der Waals surface area (Å²) in [5, 5.41) is 35.3. The standard InChI is InChI=1S/C32H52O5/c1-18(33)37-26-23(35)25(36)32(9)22(28(26,4)5)10-11-31(8)24(32)21(34)16-19-20-17-27(2,3)12-13-29(20,6)14-15-30(19,31)7/h16,20-26,34-36H,10-15,17H2,1-9H3. The number of carbonyl (C=O) groups is 1. The van der Waals surface area contributed by atoms with Crippen molar-refractivity contribution in [1.82, 2.24) is 0 Å². The zero-order valence-electron chi connectivity index (χ0n) is 24.7. The molecule has 5 nitrogen and oxygen atoms in total. The number of allylic oxidation sites excluding steroid dienone is 1. The number of ether oxygens (including phenoxy) is 1. The summed E-state index contributed by atoms with van der Waals surface area (Å²) in [6.45, 7) is 19.7. The molecular weight excluding hydrogens is 464 g/mol. The number of hydrogen-bond donors (Lipinski definition) is 3. The first-order valence-corrected chi connectivity index (χ1v) is 14.8. The third-order valence-electron chi connectivity index (χ3n) is 13.4.